The third-order valence-corrected chi connectivity index (χ3v) is 7.08. The van der Waals surface area contributed by atoms with Crippen LogP contribution in [0, 0.1) is 0 Å². The van der Waals surface area contributed by atoms with Gasteiger partial charge < -0.3 is 25.2 Å². The van der Waals surface area contributed by atoms with Crippen molar-refractivity contribution in [3.05, 3.63) is 65.2 Å². The van der Waals surface area contributed by atoms with Crippen molar-refractivity contribution in [2.75, 3.05) is 45.2 Å². The van der Waals surface area contributed by atoms with Crippen LogP contribution in [0.5, 0.6) is 0 Å². The summed E-state index contributed by atoms with van der Waals surface area (Å²) in [7, 11) is 1.67. The molecule has 0 aromatic heterocycles. The molecule has 0 bridgehead atoms. The van der Waals surface area contributed by atoms with Gasteiger partial charge in [0.2, 0.25) is 0 Å². The SMILES string of the molecule is COCCCN1C(=O)c2ccccc2C1Nc1cccc(C(=O)NCCCN2CCCCC2C)c1. The van der Waals surface area contributed by atoms with E-state index in [1.807, 2.05) is 53.4 Å². The van der Waals surface area contributed by atoms with Crippen molar-refractivity contribution >= 4 is 17.5 Å². The zero-order valence-corrected chi connectivity index (χ0v) is 21.0. The van der Waals surface area contributed by atoms with Crippen LogP contribution in [0.2, 0.25) is 0 Å². The zero-order valence-electron chi connectivity index (χ0n) is 21.0. The van der Waals surface area contributed by atoms with E-state index in [0.29, 0.717) is 31.3 Å². The van der Waals surface area contributed by atoms with E-state index in [4.69, 9.17) is 4.74 Å². The number of benzene rings is 2. The molecule has 2 aliphatic rings. The van der Waals surface area contributed by atoms with Gasteiger partial charge in [-0.25, -0.2) is 0 Å². The van der Waals surface area contributed by atoms with Crippen molar-refractivity contribution in [3.63, 3.8) is 0 Å². The number of anilines is 1. The summed E-state index contributed by atoms with van der Waals surface area (Å²) in [6, 6.07) is 15.9. The predicted octanol–water partition coefficient (Wildman–Crippen LogP) is 4.28. The maximum atomic E-state index is 13.0. The topological polar surface area (TPSA) is 73.9 Å². The summed E-state index contributed by atoms with van der Waals surface area (Å²) in [6.07, 6.45) is 5.30. The van der Waals surface area contributed by atoms with Crippen LogP contribution < -0.4 is 10.6 Å². The lowest BCUT2D eigenvalue weighted by molar-refractivity contribution is 0.0721. The van der Waals surface area contributed by atoms with Gasteiger partial charge in [-0.15, -0.1) is 0 Å². The number of likely N-dealkylation sites (tertiary alicyclic amines) is 1. The van der Waals surface area contributed by atoms with Gasteiger partial charge in [-0.2, -0.15) is 0 Å². The second-order valence-electron chi connectivity index (χ2n) is 9.55. The average Bonchev–Trinajstić information content (AvgIpc) is 3.14. The highest BCUT2D eigenvalue weighted by Crippen LogP contribution is 2.34. The second-order valence-corrected chi connectivity index (χ2v) is 9.55. The van der Waals surface area contributed by atoms with Gasteiger partial charge in [-0.05, 0) is 63.4 Å². The molecule has 35 heavy (non-hydrogen) atoms. The number of nitrogens with one attached hydrogen (secondary N) is 2. The number of methoxy groups -OCH3 is 1. The van der Waals surface area contributed by atoms with Crippen LogP contribution in [-0.4, -0.2) is 67.6 Å². The first kappa shape index (κ1) is 25.2. The van der Waals surface area contributed by atoms with Crippen LogP contribution in [0.3, 0.4) is 0 Å². The first-order chi connectivity index (χ1) is 17.1. The first-order valence-electron chi connectivity index (χ1n) is 12.9. The molecular weight excluding hydrogens is 440 g/mol. The number of carbonyl (C=O) groups is 2. The summed E-state index contributed by atoms with van der Waals surface area (Å²) >= 11 is 0. The minimum Gasteiger partial charge on any atom is -0.385 e. The van der Waals surface area contributed by atoms with E-state index in [1.165, 1.54) is 19.3 Å². The highest BCUT2D eigenvalue weighted by Gasteiger charge is 2.36. The molecule has 0 aliphatic carbocycles. The lowest BCUT2D eigenvalue weighted by Gasteiger charge is -2.33. The maximum absolute atomic E-state index is 13.0. The van der Waals surface area contributed by atoms with Crippen LogP contribution >= 0.6 is 0 Å². The minimum atomic E-state index is -0.277. The van der Waals surface area contributed by atoms with E-state index < -0.39 is 0 Å². The Morgan fingerprint density at radius 2 is 1.94 bits per heavy atom. The molecule has 2 aliphatic heterocycles. The van der Waals surface area contributed by atoms with Crippen LogP contribution in [-0.2, 0) is 4.74 Å². The van der Waals surface area contributed by atoms with Crippen molar-refractivity contribution in [1.29, 1.82) is 0 Å². The molecule has 0 radical (unpaired) electrons. The summed E-state index contributed by atoms with van der Waals surface area (Å²) in [5, 5.41) is 6.56. The number of ether oxygens (including phenoxy) is 1. The summed E-state index contributed by atoms with van der Waals surface area (Å²) in [5.41, 5.74) is 3.10. The third-order valence-electron chi connectivity index (χ3n) is 7.08. The monoisotopic (exact) mass is 478 g/mol. The van der Waals surface area contributed by atoms with Gasteiger partial charge >= 0.3 is 0 Å². The van der Waals surface area contributed by atoms with Crippen LogP contribution in [0.4, 0.5) is 5.69 Å². The molecule has 0 spiro atoms. The van der Waals surface area contributed by atoms with Crippen molar-refractivity contribution < 1.29 is 14.3 Å². The summed E-state index contributed by atoms with van der Waals surface area (Å²) in [4.78, 5) is 30.2. The largest absolute Gasteiger partial charge is 0.385 e. The molecule has 2 unspecified atom stereocenters. The first-order valence-corrected chi connectivity index (χ1v) is 12.9. The predicted molar refractivity (Wildman–Crippen MR) is 139 cm³/mol. The minimum absolute atomic E-state index is 0.0196. The van der Waals surface area contributed by atoms with E-state index in [0.717, 1.165) is 42.7 Å². The number of hydrogen-bond acceptors (Lipinski definition) is 5. The molecule has 2 amide bonds. The molecule has 4 rings (SSSR count). The Labute approximate surface area is 208 Å². The van der Waals surface area contributed by atoms with Crippen LogP contribution in [0.15, 0.2) is 48.5 Å². The Bertz CT molecular complexity index is 1010. The third kappa shape index (κ3) is 6.21. The number of nitrogens with zero attached hydrogens (tertiary/aromatic N) is 2. The van der Waals surface area contributed by atoms with Crippen LogP contribution in [0.1, 0.15) is 71.5 Å². The van der Waals surface area contributed by atoms with Gasteiger partial charge in [-0.3, -0.25) is 9.59 Å². The fraction of sp³-hybridized carbons (Fsp3) is 0.500. The molecule has 1 saturated heterocycles. The Morgan fingerprint density at radius 1 is 1.09 bits per heavy atom. The molecule has 2 aromatic rings. The van der Waals surface area contributed by atoms with Crippen molar-refractivity contribution in [1.82, 2.24) is 15.1 Å². The zero-order chi connectivity index (χ0) is 24.6. The molecular formula is C28H38N4O3. The molecule has 7 nitrogen and oxygen atoms in total. The molecule has 188 valence electrons. The Morgan fingerprint density at radius 3 is 2.77 bits per heavy atom. The fourth-order valence-electron chi connectivity index (χ4n) is 5.12. The summed E-state index contributed by atoms with van der Waals surface area (Å²) in [5.74, 6) is -0.0497. The molecule has 2 N–H and O–H groups in total. The van der Waals surface area contributed by atoms with E-state index in [1.54, 1.807) is 7.11 Å². The highest BCUT2D eigenvalue weighted by molar-refractivity contribution is 5.99. The summed E-state index contributed by atoms with van der Waals surface area (Å²) in [6.45, 7) is 6.34. The van der Waals surface area contributed by atoms with Crippen molar-refractivity contribution in [2.45, 2.75) is 51.2 Å². The van der Waals surface area contributed by atoms with Gasteiger partial charge in [0.1, 0.15) is 6.17 Å². The van der Waals surface area contributed by atoms with E-state index >= 15 is 0 Å². The number of hydrogen-bond donors (Lipinski definition) is 2. The number of carbonyl (C=O) groups excluding carboxylic acids is 2. The standard InChI is InChI=1S/C28H38N4O3/c1-21-10-5-6-16-31(21)17-8-15-29-27(33)22-11-7-12-23(20-22)30-26-24-13-3-4-14-25(24)28(34)32(26)18-9-19-35-2/h3-4,7,11-14,20-21,26,30H,5-6,8-10,15-19H2,1-2H3,(H,29,33). The van der Waals surface area contributed by atoms with E-state index in [-0.39, 0.29) is 18.0 Å². The lowest BCUT2D eigenvalue weighted by atomic mass is 10.0. The smallest absolute Gasteiger partial charge is 0.256 e. The molecule has 2 atom stereocenters. The summed E-state index contributed by atoms with van der Waals surface area (Å²) < 4.78 is 5.18. The van der Waals surface area contributed by atoms with Gasteiger partial charge in [-0.1, -0.05) is 30.7 Å². The Hall–Kier alpha value is -2.90. The number of rotatable bonds is 11. The van der Waals surface area contributed by atoms with Crippen LogP contribution in [0.25, 0.3) is 0 Å². The number of fused-ring (bicyclic) bond motifs is 1. The quantitative estimate of drug-likeness (QED) is 0.472. The van der Waals surface area contributed by atoms with E-state index in [2.05, 4.69) is 22.5 Å². The van der Waals surface area contributed by atoms with Crippen molar-refractivity contribution in [3.8, 4) is 0 Å². The highest BCUT2D eigenvalue weighted by atomic mass is 16.5. The Kier molecular flexibility index (Phi) is 8.77. The van der Waals surface area contributed by atoms with Gasteiger partial charge in [0.25, 0.3) is 11.8 Å². The molecule has 0 saturated carbocycles. The second kappa shape index (κ2) is 12.2. The number of piperidine rings is 1. The molecule has 1 fully saturated rings. The molecule has 2 aromatic carbocycles. The average molecular weight is 479 g/mol. The number of amides is 2. The lowest BCUT2D eigenvalue weighted by Crippen LogP contribution is -2.39. The van der Waals surface area contributed by atoms with Crippen molar-refractivity contribution in [2.24, 2.45) is 0 Å². The fourth-order valence-corrected chi connectivity index (χ4v) is 5.12. The van der Waals surface area contributed by atoms with Gasteiger partial charge in [0, 0.05) is 61.8 Å². The van der Waals surface area contributed by atoms with Gasteiger partial charge in [0.05, 0.1) is 0 Å². The van der Waals surface area contributed by atoms with Gasteiger partial charge in [0.15, 0.2) is 0 Å². The maximum Gasteiger partial charge on any atom is 0.256 e. The van der Waals surface area contributed by atoms with E-state index in [9.17, 15) is 9.59 Å². The normalized spacial score (nSPS) is 20.1. The molecule has 7 heteroatoms. The Balaban J connectivity index is 1.36. The molecule has 2 heterocycles.